The predicted molar refractivity (Wildman–Crippen MR) is 130 cm³/mol. The highest BCUT2D eigenvalue weighted by molar-refractivity contribution is 6.29. The molecule has 0 saturated carbocycles. The summed E-state index contributed by atoms with van der Waals surface area (Å²) in [5, 5.41) is 0. The van der Waals surface area contributed by atoms with Gasteiger partial charge in [-0.1, -0.05) is 24.3 Å². The molecule has 0 spiro atoms. The van der Waals surface area contributed by atoms with Crippen molar-refractivity contribution in [2.45, 2.75) is 38.3 Å². The molecular weight excluding hydrogens is 477 g/mol. The van der Waals surface area contributed by atoms with Crippen LogP contribution in [-0.4, -0.2) is 66.4 Å². The van der Waals surface area contributed by atoms with Gasteiger partial charge in [-0.15, -0.1) is 23.2 Å². The van der Waals surface area contributed by atoms with Crippen molar-refractivity contribution in [3.63, 3.8) is 0 Å². The van der Waals surface area contributed by atoms with E-state index in [1.54, 1.807) is 30.3 Å². The van der Waals surface area contributed by atoms with E-state index in [4.69, 9.17) is 37.4 Å². The van der Waals surface area contributed by atoms with Crippen LogP contribution in [0.2, 0.25) is 0 Å². The molecule has 2 aliphatic carbocycles. The summed E-state index contributed by atoms with van der Waals surface area (Å²) in [7, 11) is 0. The first-order valence-electron chi connectivity index (χ1n) is 11.6. The summed E-state index contributed by atoms with van der Waals surface area (Å²) in [6.45, 7) is 6.20. The number of nitrogens with zero attached hydrogens (tertiary/aromatic N) is 1. The number of rotatable bonds is 8. The van der Waals surface area contributed by atoms with E-state index in [0.29, 0.717) is 72.4 Å². The monoisotopic (exact) mass is 503 g/mol. The molecule has 180 valence electrons. The lowest BCUT2D eigenvalue weighted by atomic mass is 9.80. The van der Waals surface area contributed by atoms with Crippen molar-refractivity contribution in [2.24, 2.45) is 0 Å². The van der Waals surface area contributed by atoms with Gasteiger partial charge in [0.2, 0.25) is 0 Å². The summed E-state index contributed by atoms with van der Waals surface area (Å²) in [4.78, 5) is 29.0. The Kier molecular flexibility index (Phi) is 6.46. The van der Waals surface area contributed by atoms with E-state index in [-0.39, 0.29) is 23.8 Å². The van der Waals surface area contributed by atoms with E-state index in [1.165, 1.54) is 0 Å². The van der Waals surface area contributed by atoms with Crippen LogP contribution in [0, 0.1) is 0 Å². The number of hydrogen-bond acceptors (Lipinski definition) is 6. The molecule has 1 heterocycles. The van der Waals surface area contributed by atoms with Crippen LogP contribution >= 0.6 is 23.2 Å². The number of halogens is 2. The van der Waals surface area contributed by atoms with Gasteiger partial charge in [0.25, 0.3) is 0 Å². The second kappa shape index (κ2) is 9.25. The second-order valence-corrected chi connectivity index (χ2v) is 10.0. The Morgan fingerprint density at radius 2 is 1.68 bits per heavy atom. The minimum Gasteiger partial charge on any atom is -0.492 e. The zero-order valence-electron chi connectivity index (χ0n) is 19.2. The first kappa shape index (κ1) is 23.8. The fourth-order valence-electron chi connectivity index (χ4n) is 5.26. The van der Waals surface area contributed by atoms with Crippen LogP contribution in [0.5, 0.6) is 5.75 Å². The van der Waals surface area contributed by atoms with E-state index in [9.17, 15) is 9.59 Å². The smallest absolute Gasteiger partial charge is 0.194 e. The topological polar surface area (TPSA) is 65.1 Å². The van der Waals surface area contributed by atoms with E-state index < -0.39 is 5.79 Å². The maximum atomic E-state index is 13.5. The zero-order valence-corrected chi connectivity index (χ0v) is 20.7. The molecule has 2 atom stereocenters. The number of carbonyl (C=O) groups is 2. The number of carbonyl (C=O) groups excluding carboxylic acids is 2. The van der Waals surface area contributed by atoms with Gasteiger partial charge in [0.05, 0.1) is 6.10 Å². The van der Waals surface area contributed by atoms with Crippen LogP contribution in [0.1, 0.15) is 62.9 Å². The first-order valence-corrected chi connectivity index (χ1v) is 12.6. The Morgan fingerprint density at radius 3 is 2.35 bits per heavy atom. The summed E-state index contributed by atoms with van der Waals surface area (Å²) >= 11 is 11.8. The minimum absolute atomic E-state index is 0.136. The largest absolute Gasteiger partial charge is 0.492 e. The Hall–Kier alpha value is -1.96. The summed E-state index contributed by atoms with van der Waals surface area (Å²) in [6, 6.07) is 8.68. The maximum absolute atomic E-state index is 13.5. The zero-order chi connectivity index (χ0) is 24.0. The number of fused-ring (bicyclic) bond motifs is 6. The number of ether oxygens (including phenoxy) is 3. The van der Waals surface area contributed by atoms with Gasteiger partial charge in [-0.2, -0.15) is 0 Å². The minimum atomic E-state index is -0.732. The molecule has 6 nitrogen and oxygen atoms in total. The Morgan fingerprint density at radius 1 is 1.00 bits per heavy atom. The fraction of sp³-hybridized carbons (Fsp3) is 0.462. The van der Waals surface area contributed by atoms with Crippen molar-refractivity contribution in [3.8, 4) is 5.75 Å². The molecule has 0 unspecified atom stereocenters. The van der Waals surface area contributed by atoms with Crippen molar-refractivity contribution in [1.29, 1.82) is 0 Å². The molecule has 0 bridgehead atoms. The third-order valence-corrected chi connectivity index (χ3v) is 7.00. The van der Waals surface area contributed by atoms with Gasteiger partial charge >= 0.3 is 0 Å². The summed E-state index contributed by atoms with van der Waals surface area (Å²) < 4.78 is 18.6. The molecule has 2 aromatic carbocycles. The van der Waals surface area contributed by atoms with E-state index in [0.717, 1.165) is 11.1 Å². The normalized spacial score (nSPS) is 21.9. The van der Waals surface area contributed by atoms with Crippen molar-refractivity contribution >= 4 is 34.8 Å². The van der Waals surface area contributed by atoms with Gasteiger partial charge in [-0.25, -0.2) is 0 Å². The van der Waals surface area contributed by atoms with Gasteiger partial charge in [-0.3, -0.25) is 14.5 Å². The van der Waals surface area contributed by atoms with E-state index in [1.807, 2.05) is 13.8 Å². The number of ketones is 2. The maximum Gasteiger partial charge on any atom is 0.194 e. The molecule has 1 aliphatic heterocycles. The second-order valence-electron chi connectivity index (χ2n) is 9.26. The Labute approximate surface area is 209 Å². The molecule has 3 aliphatic rings. The molecule has 2 aromatic rings. The molecule has 0 radical (unpaired) electrons. The molecule has 5 rings (SSSR count). The molecule has 0 amide bonds. The summed E-state index contributed by atoms with van der Waals surface area (Å²) in [6.07, 6.45) is -0.0931. The molecule has 8 heteroatoms. The summed E-state index contributed by atoms with van der Waals surface area (Å²) in [5.74, 6) is 0.547. The van der Waals surface area contributed by atoms with Crippen LogP contribution in [-0.2, 0) is 15.9 Å². The van der Waals surface area contributed by atoms with Crippen molar-refractivity contribution in [3.05, 3.63) is 63.7 Å². The van der Waals surface area contributed by atoms with Gasteiger partial charge in [0.1, 0.15) is 18.5 Å². The predicted octanol–water partition coefficient (Wildman–Crippen LogP) is 4.37. The number of benzene rings is 2. The Bertz CT molecular complexity index is 1140. The Balaban J connectivity index is 1.54. The van der Waals surface area contributed by atoms with Crippen LogP contribution in [0.25, 0.3) is 0 Å². The standard InChI is InChI=1S/C26H27Cl2NO5/c1-26(2)33-20-13-17-21-18(23(30)15-5-3-4-6-16(15)24(21)31)14-19(22(17)25(20)34-26)32-12-11-29(9-7-27)10-8-28/h3-6,14,20,25H,7-13H2,1-2H3/t20-,25-/m1/s1. The lowest BCUT2D eigenvalue weighted by Crippen LogP contribution is -2.32. The molecule has 0 aromatic heterocycles. The van der Waals surface area contributed by atoms with E-state index >= 15 is 0 Å². The average Bonchev–Trinajstić information content (AvgIpc) is 3.29. The quantitative estimate of drug-likeness (QED) is 0.425. The van der Waals surface area contributed by atoms with Crippen LogP contribution in [0.15, 0.2) is 30.3 Å². The highest BCUT2D eigenvalue weighted by Gasteiger charge is 2.50. The van der Waals surface area contributed by atoms with E-state index in [2.05, 4.69) is 4.90 Å². The molecule has 0 N–H and O–H groups in total. The van der Waals surface area contributed by atoms with Crippen LogP contribution < -0.4 is 4.74 Å². The molecule has 1 fully saturated rings. The number of hydrogen-bond donors (Lipinski definition) is 0. The van der Waals surface area contributed by atoms with Crippen LogP contribution in [0.4, 0.5) is 0 Å². The van der Waals surface area contributed by atoms with Gasteiger partial charge < -0.3 is 14.2 Å². The van der Waals surface area contributed by atoms with Gasteiger partial charge in [-0.05, 0) is 25.5 Å². The lowest BCUT2D eigenvalue weighted by Gasteiger charge is -2.25. The van der Waals surface area contributed by atoms with Crippen LogP contribution in [0.3, 0.4) is 0 Å². The highest BCUT2D eigenvalue weighted by Crippen LogP contribution is 2.52. The van der Waals surface area contributed by atoms with Crippen molar-refractivity contribution < 1.29 is 23.8 Å². The third-order valence-electron chi connectivity index (χ3n) is 6.67. The fourth-order valence-corrected chi connectivity index (χ4v) is 5.74. The van der Waals surface area contributed by atoms with Gasteiger partial charge in [0.15, 0.2) is 17.4 Å². The molecule has 1 saturated heterocycles. The van der Waals surface area contributed by atoms with Crippen molar-refractivity contribution in [2.75, 3.05) is 38.0 Å². The number of alkyl halides is 2. The first-order chi connectivity index (χ1) is 16.3. The highest BCUT2D eigenvalue weighted by atomic mass is 35.5. The SMILES string of the molecule is CC1(C)O[C@@H]2Cc3c4c(cc(OCCN(CCCl)CCCl)c3[C@@H]2O1)C(=O)c1ccccc1C4=O. The van der Waals surface area contributed by atoms with Crippen molar-refractivity contribution in [1.82, 2.24) is 4.90 Å². The third kappa shape index (κ3) is 4.06. The average molecular weight is 504 g/mol. The molecule has 34 heavy (non-hydrogen) atoms. The summed E-state index contributed by atoms with van der Waals surface area (Å²) in [5.41, 5.74) is 3.31. The van der Waals surface area contributed by atoms with Gasteiger partial charge in [0, 0.05) is 65.6 Å². The molecular formula is C26H27Cl2NO5. The lowest BCUT2D eigenvalue weighted by molar-refractivity contribution is -0.148.